The highest BCUT2D eigenvalue weighted by Gasteiger charge is 2.10. The fraction of sp³-hybridized carbons (Fsp3) is 0. The van der Waals surface area contributed by atoms with Crippen molar-refractivity contribution in [1.82, 2.24) is 0 Å². The molecule has 0 aliphatic heterocycles. The Morgan fingerprint density at radius 2 is 2.18 bits per heavy atom. The van der Waals surface area contributed by atoms with Gasteiger partial charge in [-0.2, -0.15) is 0 Å². The van der Waals surface area contributed by atoms with E-state index in [0.29, 0.717) is 16.9 Å². The van der Waals surface area contributed by atoms with Crippen LogP contribution in [0.15, 0.2) is 34.1 Å². The van der Waals surface area contributed by atoms with Crippen LogP contribution in [-0.2, 0) is 0 Å². The summed E-state index contributed by atoms with van der Waals surface area (Å²) in [5.41, 5.74) is 7.63. The van der Waals surface area contributed by atoms with E-state index in [2.05, 4.69) is 43.8 Å². The van der Waals surface area contributed by atoms with Gasteiger partial charge in [-0.05, 0) is 62.8 Å². The molecule has 1 amide bonds. The van der Waals surface area contributed by atoms with Crippen LogP contribution in [0.3, 0.4) is 0 Å². The van der Waals surface area contributed by atoms with E-state index in [4.69, 9.17) is 5.73 Å². The molecule has 3 nitrogen and oxygen atoms in total. The smallest absolute Gasteiger partial charge is 0.256 e. The molecule has 0 aliphatic carbocycles. The highest BCUT2D eigenvalue weighted by atomic mass is 127. The summed E-state index contributed by atoms with van der Waals surface area (Å²) in [7, 11) is 0. The summed E-state index contributed by atoms with van der Waals surface area (Å²) in [5, 5.41) is 4.65. The molecule has 17 heavy (non-hydrogen) atoms. The minimum Gasteiger partial charge on any atom is -0.399 e. The van der Waals surface area contributed by atoms with Crippen molar-refractivity contribution in [2.45, 2.75) is 0 Å². The number of anilines is 2. The van der Waals surface area contributed by atoms with Gasteiger partial charge in [-0.3, -0.25) is 4.79 Å². The predicted molar refractivity (Wildman–Crippen MR) is 83.5 cm³/mol. The molecule has 88 valence electrons. The Hall–Kier alpha value is -0.600. The van der Waals surface area contributed by atoms with Gasteiger partial charge < -0.3 is 11.1 Å². The summed E-state index contributed by atoms with van der Waals surface area (Å²) in [6, 6.07) is 7.15. The summed E-state index contributed by atoms with van der Waals surface area (Å²) in [5.74, 6) is -0.129. The maximum Gasteiger partial charge on any atom is 0.256 e. The Labute approximate surface area is 125 Å². The molecule has 0 fully saturated rings. The van der Waals surface area contributed by atoms with E-state index in [9.17, 15) is 4.79 Å². The van der Waals surface area contributed by atoms with Crippen LogP contribution < -0.4 is 11.1 Å². The van der Waals surface area contributed by atoms with Crippen molar-refractivity contribution in [2.24, 2.45) is 0 Å². The number of nitrogen functional groups attached to an aromatic ring is 1. The molecule has 2 rings (SSSR count). The second kappa shape index (κ2) is 5.36. The van der Waals surface area contributed by atoms with E-state index < -0.39 is 0 Å². The third kappa shape index (κ3) is 3.20. The number of hydrogen-bond donors (Lipinski definition) is 2. The number of nitrogens with two attached hydrogens (primary N) is 1. The van der Waals surface area contributed by atoms with Crippen LogP contribution in [0.5, 0.6) is 0 Å². The molecule has 0 radical (unpaired) electrons. The van der Waals surface area contributed by atoms with Crippen LogP contribution in [0.4, 0.5) is 11.4 Å². The number of hydrogen-bond acceptors (Lipinski definition) is 3. The monoisotopic (exact) mass is 422 g/mol. The van der Waals surface area contributed by atoms with E-state index in [1.165, 1.54) is 0 Å². The molecule has 0 aliphatic rings. The average molecular weight is 423 g/mol. The van der Waals surface area contributed by atoms with E-state index in [-0.39, 0.29) is 5.91 Å². The number of halogens is 2. The molecule has 0 saturated heterocycles. The molecule has 0 unspecified atom stereocenters. The van der Waals surface area contributed by atoms with Crippen LogP contribution in [0.25, 0.3) is 0 Å². The highest BCUT2D eigenvalue weighted by Crippen LogP contribution is 2.26. The first-order valence-corrected chi connectivity index (χ1v) is 7.42. The number of amides is 1. The van der Waals surface area contributed by atoms with Gasteiger partial charge in [0.15, 0.2) is 0 Å². The Morgan fingerprint density at radius 3 is 2.82 bits per heavy atom. The van der Waals surface area contributed by atoms with E-state index >= 15 is 0 Å². The second-order valence-corrected chi connectivity index (χ2v) is 6.99. The van der Waals surface area contributed by atoms with Crippen molar-refractivity contribution < 1.29 is 4.79 Å². The van der Waals surface area contributed by atoms with Gasteiger partial charge in [0, 0.05) is 15.5 Å². The number of benzene rings is 1. The van der Waals surface area contributed by atoms with Crippen molar-refractivity contribution in [3.05, 3.63) is 42.6 Å². The first-order valence-electron chi connectivity index (χ1n) is 4.66. The number of rotatable bonds is 2. The fourth-order valence-electron chi connectivity index (χ4n) is 1.26. The van der Waals surface area contributed by atoms with Crippen molar-refractivity contribution in [2.75, 3.05) is 11.1 Å². The summed E-state index contributed by atoms with van der Waals surface area (Å²) in [4.78, 5) is 11.9. The number of carbonyl (C=O) groups is 1. The summed E-state index contributed by atoms with van der Waals surface area (Å²) >= 11 is 7.09. The van der Waals surface area contributed by atoms with E-state index in [1.807, 2.05) is 17.5 Å². The zero-order chi connectivity index (χ0) is 12.4. The summed E-state index contributed by atoms with van der Waals surface area (Å²) in [6.07, 6.45) is 0. The molecular weight excluding hydrogens is 415 g/mol. The van der Waals surface area contributed by atoms with Gasteiger partial charge in [-0.15, -0.1) is 11.3 Å². The third-order valence-electron chi connectivity index (χ3n) is 2.07. The maximum atomic E-state index is 11.9. The molecule has 3 N–H and O–H groups in total. The lowest BCUT2D eigenvalue weighted by Gasteiger charge is -2.07. The van der Waals surface area contributed by atoms with Crippen LogP contribution in [0, 0.1) is 2.88 Å². The molecule has 2 aromatic rings. The van der Waals surface area contributed by atoms with Crippen LogP contribution in [-0.4, -0.2) is 5.91 Å². The van der Waals surface area contributed by atoms with Gasteiger partial charge in [0.2, 0.25) is 0 Å². The van der Waals surface area contributed by atoms with Crippen LogP contribution in [0.1, 0.15) is 10.4 Å². The van der Waals surface area contributed by atoms with Gasteiger partial charge in [-0.25, -0.2) is 0 Å². The number of thiophene rings is 1. The molecule has 0 spiro atoms. The predicted octanol–water partition coefficient (Wildman–Crippen LogP) is 3.95. The van der Waals surface area contributed by atoms with Gasteiger partial charge >= 0.3 is 0 Å². The summed E-state index contributed by atoms with van der Waals surface area (Å²) < 4.78 is 1.89. The fourth-order valence-corrected chi connectivity index (χ4v) is 2.93. The second-order valence-electron chi connectivity index (χ2n) is 3.33. The van der Waals surface area contributed by atoms with Gasteiger partial charge in [0.25, 0.3) is 5.91 Å². The van der Waals surface area contributed by atoms with Gasteiger partial charge in [-0.1, -0.05) is 0 Å². The van der Waals surface area contributed by atoms with E-state index in [0.717, 1.165) is 7.36 Å². The molecule has 6 heteroatoms. The van der Waals surface area contributed by atoms with Crippen molar-refractivity contribution in [3.63, 3.8) is 0 Å². The molecule has 0 bridgehead atoms. The van der Waals surface area contributed by atoms with Crippen LogP contribution >= 0.6 is 49.9 Å². The average Bonchev–Trinajstić information content (AvgIpc) is 2.70. The highest BCUT2D eigenvalue weighted by molar-refractivity contribution is 14.1. The van der Waals surface area contributed by atoms with Crippen molar-refractivity contribution in [3.8, 4) is 0 Å². The minimum absolute atomic E-state index is 0.129. The lowest BCUT2D eigenvalue weighted by atomic mass is 10.2. The Bertz CT molecular complexity index is 570. The Kier molecular flexibility index (Phi) is 4.05. The first-order chi connectivity index (χ1) is 8.06. The lowest BCUT2D eigenvalue weighted by molar-refractivity contribution is 0.102. The normalized spacial score (nSPS) is 10.2. The molecule has 1 aromatic heterocycles. The largest absolute Gasteiger partial charge is 0.399 e. The standard InChI is InChI=1S/C11H8BrIN2OS/c12-8-2-1-7(14)4-9(8)15-11(16)6-3-10(13)17-5-6/h1-5H,14H2,(H,15,16). The number of carbonyl (C=O) groups excluding carboxylic acids is 1. The SMILES string of the molecule is Nc1ccc(Br)c(NC(=O)c2csc(I)c2)c1. The topological polar surface area (TPSA) is 55.1 Å². The van der Waals surface area contributed by atoms with E-state index in [1.54, 1.807) is 23.5 Å². The molecular formula is C11H8BrIN2OS. The quantitative estimate of drug-likeness (QED) is 0.568. The van der Waals surface area contributed by atoms with Gasteiger partial charge in [0.1, 0.15) is 0 Å². The molecule has 0 atom stereocenters. The minimum atomic E-state index is -0.129. The third-order valence-corrected chi connectivity index (χ3v) is 4.55. The molecule has 1 aromatic carbocycles. The molecule has 1 heterocycles. The van der Waals surface area contributed by atoms with Crippen molar-refractivity contribution in [1.29, 1.82) is 0 Å². The first kappa shape index (κ1) is 12.8. The van der Waals surface area contributed by atoms with Crippen LogP contribution in [0.2, 0.25) is 0 Å². The van der Waals surface area contributed by atoms with Gasteiger partial charge in [0.05, 0.1) is 14.1 Å². The Balaban J connectivity index is 2.21. The zero-order valence-electron chi connectivity index (χ0n) is 8.54. The number of nitrogens with one attached hydrogen (secondary N) is 1. The Morgan fingerprint density at radius 1 is 1.41 bits per heavy atom. The zero-order valence-corrected chi connectivity index (χ0v) is 13.1. The lowest BCUT2D eigenvalue weighted by Crippen LogP contribution is -2.11. The molecule has 0 saturated carbocycles. The van der Waals surface area contributed by atoms with Crippen molar-refractivity contribution >= 4 is 67.1 Å². The summed E-state index contributed by atoms with van der Waals surface area (Å²) in [6.45, 7) is 0. The maximum absolute atomic E-state index is 11.9.